The van der Waals surface area contributed by atoms with Gasteiger partial charge in [0.05, 0.1) is 86.4 Å². The minimum Gasteiger partial charge on any atom is -0.476 e. The maximum Gasteiger partial charge on any atom is 0.355 e. The number of aromatic nitrogens is 4. The number of carbonyl (C=O) groups is 5. The number of thiazole rings is 2. The molecule has 89 heavy (non-hydrogen) atoms. The third-order valence-corrected chi connectivity index (χ3v) is 17.5. The smallest absolute Gasteiger partial charge is 0.355 e. The molecule has 0 bridgehead atoms. The fourth-order valence-corrected chi connectivity index (χ4v) is 11.9. The van der Waals surface area contributed by atoms with Crippen LogP contribution in [0.1, 0.15) is 115 Å². The van der Waals surface area contributed by atoms with Gasteiger partial charge in [0.2, 0.25) is 38.8 Å². The Morgan fingerprint density at radius 3 is 2.10 bits per heavy atom. The van der Waals surface area contributed by atoms with Gasteiger partial charge < -0.3 is 50.0 Å². The summed E-state index contributed by atoms with van der Waals surface area (Å²) < 4.78 is 48.1. The fourth-order valence-electron chi connectivity index (χ4n) is 10.0. The normalized spacial score (nSPS) is 15.3. The molecule has 8 rings (SSSR count). The molecule has 22 nitrogen and oxygen atoms in total. The number of sulfonamides is 1. The molecule has 1 aliphatic heterocycles. The van der Waals surface area contributed by atoms with Gasteiger partial charge >= 0.3 is 5.97 Å². The van der Waals surface area contributed by atoms with Crippen molar-refractivity contribution in [1.82, 2.24) is 40.6 Å². The summed E-state index contributed by atoms with van der Waals surface area (Å²) in [5.41, 5.74) is 8.86. The van der Waals surface area contributed by atoms with E-state index in [0.29, 0.717) is 62.6 Å². The number of unbranched alkanes of at least 4 members (excludes halogenated alkanes) is 2. The maximum absolute atomic E-state index is 14.0. The lowest BCUT2D eigenvalue weighted by Crippen LogP contribution is -2.57. The Morgan fingerprint density at radius 2 is 1.48 bits per heavy atom. The van der Waals surface area contributed by atoms with Crippen LogP contribution in [0.4, 0.5) is 0 Å². The molecule has 0 unspecified atom stereocenters. The molecule has 476 valence electrons. The highest BCUT2D eigenvalue weighted by atomic mass is 32.2. The second-order valence-corrected chi connectivity index (χ2v) is 26.5. The number of carboxylic acid groups (broad SMARTS) is 1. The molecular formula is C64H79N9O13S3. The van der Waals surface area contributed by atoms with Gasteiger partial charge in [-0.05, 0) is 85.8 Å². The number of aliphatic hydroxyl groups is 1. The highest BCUT2D eigenvalue weighted by Crippen LogP contribution is 2.38. The number of amides is 4. The molecule has 7 N–H and O–H groups in total. The number of ether oxygens (including phenoxy) is 4. The molecule has 0 radical (unpaired) electrons. The number of aromatic carboxylic acids is 1. The van der Waals surface area contributed by atoms with E-state index >= 15 is 0 Å². The number of carbonyl (C=O) groups excluding carboxylic acids is 4. The molecule has 1 aliphatic carbocycles. The second kappa shape index (κ2) is 32.5. The van der Waals surface area contributed by atoms with Crippen molar-refractivity contribution in [3.8, 4) is 39.5 Å². The minimum atomic E-state index is -3.87. The minimum absolute atomic E-state index is 0.00236. The summed E-state index contributed by atoms with van der Waals surface area (Å²) in [6.07, 6.45) is 4.87. The van der Waals surface area contributed by atoms with Crippen molar-refractivity contribution in [1.29, 1.82) is 0 Å². The highest BCUT2D eigenvalue weighted by molar-refractivity contribution is 7.89. The number of nitrogens with one attached hydrogen (secondary N) is 3. The van der Waals surface area contributed by atoms with Gasteiger partial charge in [-0.25, -0.2) is 33.0 Å². The third kappa shape index (κ3) is 20.4. The van der Waals surface area contributed by atoms with Gasteiger partial charge in [-0.1, -0.05) is 81.1 Å². The van der Waals surface area contributed by atoms with E-state index in [4.69, 9.17) is 29.2 Å². The van der Waals surface area contributed by atoms with E-state index in [2.05, 4.69) is 37.8 Å². The molecule has 1 saturated carbocycles. The maximum atomic E-state index is 14.0. The van der Waals surface area contributed by atoms with Gasteiger partial charge in [0, 0.05) is 84.2 Å². The quantitative estimate of drug-likeness (QED) is 0.0187. The summed E-state index contributed by atoms with van der Waals surface area (Å²) in [6, 6.07) is 20.2. The van der Waals surface area contributed by atoms with E-state index in [1.807, 2.05) is 76.2 Å². The summed E-state index contributed by atoms with van der Waals surface area (Å²) in [7, 11) is -3.87. The first-order chi connectivity index (χ1) is 42.7. The van der Waals surface area contributed by atoms with Crippen LogP contribution in [0.3, 0.4) is 0 Å². The number of rotatable bonds is 33. The molecular weight excluding hydrogens is 1200 g/mol. The number of aliphatic hydroxyl groups excluding tert-OH is 1. The lowest BCUT2D eigenvalue weighted by Gasteiger charge is -2.35. The molecule has 3 aromatic heterocycles. The van der Waals surface area contributed by atoms with Crippen LogP contribution in [-0.4, -0.2) is 157 Å². The number of hydrogen-bond acceptors (Lipinski definition) is 17. The summed E-state index contributed by atoms with van der Waals surface area (Å²) in [5, 5.41) is 41.3. The van der Waals surface area contributed by atoms with Gasteiger partial charge in [0.15, 0.2) is 5.69 Å². The van der Waals surface area contributed by atoms with Crippen molar-refractivity contribution in [3.63, 3.8) is 0 Å². The van der Waals surface area contributed by atoms with Crippen LogP contribution >= 0.6 is 22.7 Å². The van der Waals surface area contributed by atoms with Crippen LogP contribution < -0.4 is 21.1 Å². The Kier molecular flexibility index (Phi) is 24.7. The van der Waals surface area contributed by atoms with Crippen molar-refractivity contribution in [2.75, 3.05) is 65.9 Å². The largest absolute Gasteiger partial charge is 0.476 e. The number of nitrogens with zero attached hydrogens (tertiary/aromatic N) is 5. The molecule has 4 amide bonds. The van der Waals surface area contributed by atoms with Crippen molar-refractivity contribution in [2.24, 2.45) is 16.5 Å². The molecule has 2 fully saturated rings. The fraction of sp³-hybridized carbons (Fsp3) is 0.469. The lowest BCUT2D eigenvalue weighted by atomic mass is 9.85. The van der Waals surface area contributed by atoms with Crippen molar-refractivity contribution in [2.45, 2.75) is 122 Å². The molecule has 6 aromatic rings. The average molecular weight is 1280 g/mol. The topological polar surface area (TPSA) is 306 Å². The number of benzene rings is 3. The van der Waals surface area contributed by atoms with E-state index in [-0.39, 0.29) is 87.1 Å². The number of β-amino-alcohol motifs (C(OH)–C–C–N with tert-alkyl or cyclic N) is 1. The zero-order valence-corrected chi connectivity index (χ0v) is 53.1. The Morgan fingerprint density at radius 1 is 0.820 bits per heavy atom. The van der Waals surface area contributed by atoms with Crippen LogP contribution in [0.5, 0.6) is 0 Å². The standard InChI is InChI=1S/C64H79N9O13S3/c1-42-57(68-41-88-42)47-19-15-46(16-20-47)38-67-60(77)54-37-49(74)39-72(54)61(78)59(64(2,3)4)70-56(76)24-27-84-29-31-86-33-32-85-30-28-83-26-23-55(75)66-25-8-6-5-7-10-43-11-9-12-48(34-43)58-51(35-44-17-21-50(22-18-44)89(65,81)82)53(36-45-13-14-45)73(71-58)63-69-52(40-87-63)62(79)80/h9,11-12,15-22,34,40-41,45,49,54,59,74H,5-6,8,13-14,23-33,35-39H2,1-4H3,(H,66,75)(H,67,77)(H,70,76)(H,79,80)(H2,65,81,82)/t49-,54+,59-/m1/s1. The van der Waals surface area contributed by atoms with Crippen LogP contribution in [0, 0.1) is 30.1 Å². The number of aryl methyl sites for hydroxylation is 1. The second-order valence-electron chi connectivity index (χ2n) is 23.1. The van der Waals surface area contributed by atoms with Crippen molar-refractivity contribution in [3.05, 3.63) is 122 Å². The Balaban J connectivity index is 0.660. The summed E-state index contributed by atoms with van der Waals surface area (Å²) >= 11 is 2.78. The van der Waals surface area contributed by atoms with Crippen LogP contribution in [0.25, 0.3) is 27.6 Å². The number of nitrogens with two attached hydrogens (primary N) is 1. The first-order valence-corrected chi connectivity index (χ1v) is 33.2. The average Bonchev–Trinajstić information content (AvgIpc) is 1.73. The zero-order valence-electron chi connectivity index (χ0n) is 50.7. The number of primary sulfonamides is 1. The van der Waals surface area contributed by atoms with E-state index in [9.17, 15) is 42.6 Å². The van der Waals surface area contributed by atoms with Crippen LogP contribution in [0.15, 0.2) is 88.6 Å². The van der Waals surface area contributed by atoms with Gasteiger partial charge in [0.25, 0.3) is 0 Å². The number of carboxylic acids is 1. The Hall–Kier alpha value is -7.25. The first-order valence-electron chi connectivity index (χ1n) is 29.9. The van der Waals surface area contributed by atoms with E-state index in [1.165, 1.54) is 33.7 Å². The molecule has 1 saturated heterocycles. The van der Waals surface area contributed by atoms with Gasteiger partial charge in [-0.2, -0.15) is 5.10 Å². The number of likely N-dealkylation sites (tertiary alicyclic amines) is 1. The SMILES string of the molecule is Cc1scnc1-c1ccc(CNC(=O)[C@@H]2C[C@@H](O)CN2C(=O)[C@@H](NC(=O)CCOCCOCCOCCOCCC(=O)NCCCCC#Cc2cccc(-c3nn(-c4nc(C(=O)O)cs4)c(CC4CC4)c3Cc3ccc(S(N)(=O)=O)cc3)c2)C(C)(C)C)cc1. The van der Waals surface area contributed by atoms with E-state index < -0.39 is 45.5 Å². The first kappa shape index (κ1) is 67.7. The van der Waals surface area contributed by atoms with E-state index in [1.54, 1.807) is 33.7 Å². The van der Waals surface area contributed by atoms with Crippen molar-refractivity contribution >= 4 is 62.3 Å². The third-order valence-electron chi connectivity index (χ3n) is 15.0. The Labute approximate surface area is 527 Å². The predicted molar refractivity (Wildman–Crippen MR) is 337 cm³/mol. The predicted octanol–water partition coefficient (Wildman–Crippen LogP) is 6.61. The molecule has 3 aromatic carbocycles. The summed E-state index contributed by atoms with van der Waals surface area (Å²) in [5.74, 6) is 4.54. The molecule has 0 spiro atoms. The van der Waals surface area contributed by atoms with Crippen LogP contribution in [0.2, 0.25) is 0 Å². The van der Waals surface area contributed by atoms with Crippen molar-refractivity contribution < 1.29 is 61.6 Å². The summed E-state index contributed by atoms with van der Waals surface area (Å²) in [4.78, 5) is 76.0. The van der Waals surface area contributed by atoms with Gasteiger partial charge in [0.1, 0.15) is 12.1 Å². The monoisotopic (exact) mass is 1280 g/mol. The molecule has 3 atom stereocenters. The molecule has 25 heteroatoms. The highest BCUT2D eigenvalue weighted by Gasteiger charge is 2.44. The zero-order chi connectivity index (χ0) is 63.5. The number of hydrogen-bond donors (Lipinski definition) is 6. The van der Waals surface area contributed by atoms with Crippen LogP contribution in [-0.2, 0) is 67.5 Å². The van der Waals surface area contributed by atoms with Gasteiger partial charge in [-0.15, -0.1) is 22.7 Å². The molecule has 2 aliphatic rings. The Bertz CT molecular complexity index is 3550. The summed E-state index contributed by atoms with van der Waals surface area (Å²) in [6.45, 7) is 10.4. The van der Waals surface area contributed by atoms with Gasteiger partial charge in [-0.3, -0.25) is 19.2 Å². The lowest BCUT2D eigenvalue weighted by molar-refractivity contribution is -0.144. The van der Waals surface area contributed by atoms with E-state index in [0.717, 1.165) is 81.7 Å². The molecule has 4 heterocycles.